The lowest BCUT2D eigenvalue weighted by molar-refractivity contribution is 0.572. The summed E-state index contributed by atoms with van der Waals surface area (Å²) < 4.78 is 28.6. The van der Waals surface area contributed by atoms with Gasteiger partial charge in [0.05, 0.1) is 10.5 Å². The van der Waals surface area contributed by atoms with Gasteiger partial charge in [-0.25, -0.2) is 8.78 Å². The molecule has 18 heavy (non-hydrogen) atoms. The van der Waals surface area contributed by atoms with Gasteiger partial charge in [0, 0.05) is 15.6 Å². The molecule has 0 spiro atoms. The molecule has 2 N–H and O–H groups in total. The minimum absolute atomic E-state index is 0.255. The standard InChI is InChI=1S/C13H9Br2F2N/c14-7-4-5-8(11(16)6-7)13(18)9-2-1-3-10(15)12(9)17/h1-6,13H,18H2. The lowest BCUT2D eigenvalue weighted by Gasteiger charge is -2.15. The van der Waals surface area contributed by atoms with Crippen LogP contribution in [0.3, 0.4) is 0 Å². The topological polar surface area (TPSA) is 26.0 Å². The predicted octanol–water partition coefficient (Wildman–Crippen LogP) is 4.54. The van der Waals surface area contributed by atoms with Crippen molar-refractivity contribution in [3.05, 3.63) is 68.1 Å². The second-order valence-electron chi connectivity index (χ2n) is 3.79. The zero-order valence-corrected chi connectivity index (χ0v) is 12.3. The largest absolute Gasteiger partial charge is 0.320 e. The second kappa shape index (κ2) is 5.47. The van der Waals surface area contributed by atoms with Crippen LogP contribution in [0.5, 0.6) is 0 Å². The summed E-state index contributed by atoms with van der Waals surface area (Å²) in [6.45, 7) is 0. The summed E-state index contributed by atoms with van der Waals surface area (Å²) in [6.07, 6.45) is 0. The summed E-state index contributed by atoms with van der Waals surface area (Å²) in [7, 11) is 0. The van der Waals surface area contributed by atoms with Crippen LogP contribution in [0.4, 0.5) is 8.78 Å². The molecule has 1 atom stereocenters. The predicted molar refractivity (Wildman–Crippen MR) is 74.2 cm³/mol. The lowest BCUT2D eigenvalue weighted by atomic mass is 9.99. The summed E-state index contributed by atoms with van der Waals surface area (Å²) in [5.41, 5.74) is 6.44. The summed E-state index contributed by atoms with van der Waals surface area (Å²) in [4.78, 5) is 0. The molecule has 2 aromatic carbocycles. The third-order valence-corrected chi connectivity index (χ3v) is 3.72. The first-order valence-corrected chi connectivity index (χ1v) is 6.73. The molecule has 0 aliphatic rings. The van der Waals surface area contributed by atoms with Crippen molar-refractivity contribution in [3.63, 3.8) is 0 Å². The first-order chi connectivity index (χ1) is 8.50. The Kier molecular flexibility index (Phi) is 4.14. The fourth-order valence-corrected chi connectivity index (χ4v) is 2.40. The molecular formula is C13H9Br2F2N. The van der Waals surface area contributed by atoms with E-state index in [1.807, 2.05) is 0 Å². The maximum absolute atomic E-state index is 13.9. The zero-order chi connectivity index (χ0) is 13.3. The molecule has 2 rings (SSSR count). The number of hydrogen-bond donors (Lipinski definition) is 1. The molecule has 1 unspecified atom stereocenters. The van der Waals surface area contributed by atoms with E-state index >= 15 is 0 Å². The Morgan fingerprint density at radius 3 is 2.39 bits per heavy atom. The van der Waals surface area contributed by atoms with E-state index in [2.05, 4.69) is 31.9 Å². The molecule has 0 saturated heterocycles. The van der Waals surface area contributed by atoms with Crippen LogP contribution in [-0.4, -0.2) is 0 Å². The minimum atomic E-state index is -0.837. The lowest BCUT2D eigenvalue weighted by Crippen LogP contribution is -2.15. The average Bonchev–Trinajstić information content (AvgIpc) is 2.32. The van der Waals surface area contributed by atoms with Crippen LogP contribution in [0, 0.1) is 11.6 Å². The van der Waals surface area contributed by atoms with Crippen LogP contribution in [0.25, 0.3) is 0 Å². The van der Waals surface area contributed by atoms with E-state index in [0.29, 0.717) is 8.95 Å². The second-order valence-corrected chi connectivity index (χ2v) is 5.56. The van der Waals surface area contributed by atoms with E-state index in [4.69, 9.17) is 5.73 Å². The minimum Gasteiger partial charge on any atom is -0.320 e. The van der Waals surface area contributed by atoms with Gasteiger partial charge in [0.15, 0.2) is 0 Å². The van der Waals surface area contributed by atoms with Gasteiger partial charge in [-0.1, -0.05) is 34.1 Å². The fourth-order valence-electron chi connectivity index (χ4n) is 1.68. The van der Waals surface area contributed by atoms with Gasteiger partial charge in [0.1, 0.15) is 11.6 Å². The molecule has 94 valence electrons. The first-order valence-electron chi connectivity index (χ1n) is 5.15. The molecule has 0 fully saturated rings. The molecule has 0 saturated carbocycles. The molecule has 0 heterocycles. The molecule has 0 aromatic heterocycles. The van der Waals surface area contributed by atoms with E-state index in [0.717, 1.165) is 0 Å². The Labute approximate surface area is 120 Å². The normalized spacial score (nSPS) is 12.5. The maximum Gasteiger partial charge on any atom is 0.142 e. The van der Waals surface area contributed by atoms with Crippen molar-refractivity contribution in [1.82, 2.24) is 0 Å². The van der Waals surface area contributed by atoms with Gasteiger partial charge in [-0.3, -0.25) is 0 Å². The summed E-state index contributed by atoms with van der Waals surface area (Å²) in [5.74, 6) is -0.927. The smallest absolute Gasteiger partial charge is 0.142 e. The highest BCUT2D eigenvalue weighted by Crippen LogP contribution is 2.29. The summed E-state index contributed by atoms with van der Waals surface area (Å²) in [5, 5.41) is 0. The number of benzene rings is 2. The van der Waals surface area contributed by atoms with E-state index in [1.165, 1.54) is 6.07 Å². The van der Waals surface area contributed by atoms with E-state index in [9.17, 15) is 8.78 Å². The van der Waals surface area contributed by atoms with Gasteiger partial charge in [0.25, 0.3) is 0 Å². The highest BCUT2D eigenvalue weighted by Gasteiger charge is 2.18. The monoisotopic (exact) mass is 375 g/mol. The Balaban J connectivity index is 2.48. The third kappa shape index (κ3) is 2.63. The molecule has 2 aromatic rings. The third-order valence-electron chi connectivity index (χ3n) is 2.61. The van der Waals surface area contributed by atoms with E-state index in [-0.39, 0.29) is 11.1 Å². The van der Waals surface area contributed by atoms with Gasteiger partial charge in [-0.2, -0.15) is 0 Å². The van der Waals surface area contributed by atoms with Crippen LogP contribution in [0.2, 0.25) is 0 Å². The Bertz CT molecular complexity index is 587. The highest BCUT2D eigenvalue weighted by atomic mass is 79.9. The SMILES string of the molecule is NC(c1ccc(Br)cc1F)c1cccc(Br)c1F. The molecule has 0 radical (unpaired) electrons. The van der Waals surface area contributed by atoms with Gasteiger partial charge in [-0.15, -0.1) is 0 Å². The zero-order valence-electron chi connectivity index (χ0n) is 9.13. The number of rotatable bonds is 2. The maximum atomic E-state index is 13.9. The molecule has 0 aliphatic heterocycles. The van der Waals surface area contributed by atoms with Gasteiger partial charge < -0.3 is 5.73 Å². The fraction of sp³-hybridized carbons (Fsp3) is 0.0769. The molecule has 0 aliphatic carbocycles. The highest BCUT2D eigenvalue weighted by molar-refractivity contribution is 9.10. The van der Waals surface area contributed by atoms with Crippen LogP contribution in [0.15, 0.2) is 45.3 Å². The van der Waals surface area contributed by atoms with Crippen molar-refractivity contribution < 1.29 is 8.78 Å². The van der Waals surface area contributed by atoms with Crippen LogP contribution >= 0.6 is 31.9 Å². The van der Waals surface area contributed by atoms with Gasteiger partial charge in [-0.05, 0) is 34.1 Å². The van der Waals surface area contributed by atoms with Crippen LogP contribution in [-0.2, 0) is 0 Å². The Morgan fingerprint density at radius 2 is 1.72 bits per heavy atom. The molecule has 0 bridgehead atoms. The Morgan fingerprint density at radius 1 is 1.00 bits per heavy atom. The van der Waals surface area contributed by atoms with Crippen molar-refractivity contribution in [1.29, 1.82) is 0 Å². The van der Waals surface area contributed by atoms with E-state index < -0.39 is 17.7 Å². The molecular weight excluding hydrogens is 368 g/mol. The first kappa shape index (κ1) is 13.6. The molecule has 1 nitrogen and oxygen atoms in total. The van der Waals surface area contributed by atoms with Crippen molar-refractivity contribution >= 4 is 31.9 Å². The van der Waals surface area contributed by atoms with Crippen LogP contribution in [0.1, 0.15) is 17.2 Å². The molecule has 5 heteroatoms. The van der Waals surface area contributed by atoms with Gasteiger partial charge >= 0.3 is 0 Å². The van der Waals surface area contributed by atoms with Crippen molar-refractivity contribution in [2.45, 2.75) is 6.04 Å². The summed E-state index contributed by atoms with van der Waals surface area (Å²) >= 11 is 6.25. The average molecular weight is 377 g/mol. The number of nitrogens with two attached hydrogens (primary N) is 1. The number of halogens is 4. The van der Waals surface area contributed by atoms with E-state index in [1.54, 1.807) is 30.3 Å². The van der Waals surface area contributed by atoms with Crippen molar-refractivity contribution in [2.75, 3.05) is 0 Å². The van der Waals surface area contributed by atoms with Gasteiger partial charge in [0.2, 0.25) is 0 Å². The quantitative estimate of drug-likeness (QED) is 0.818. The van der Waals surface area contributed by atoms with Crippen molar-refractivity contribution in [3.8, 4) is 0 Å². The van der Waals surface area contributed by atoms with Crippen molar-refractivity contribution in [2.24, 2.45) is 5.73 Å². The number of hydrogen-bond acceptors (Lipinski definition) is 1. The molecule has 0 amide bonds. The van der Waals surface area contributed by atoms with Crippen LogP contribution < -0.4 is 5.73 Å². The Hall–Kier alpha value is -0.780. The summed E-state index contributed by atoms with van der Waals surface area (Å²) in [6, 6.07) is 8.48.